The van der Waals surface area contributed by atoms with Gasteiger partial charge < -0.3 is 15.0 Å². The van der Waals surface area contributed by atoms with Crippen LogP contribution < -0.4 is 10.5 Å². The van der Waals surface area contributed by atoms with Gasteiger partial charge in [0, 0.05) is 0 Å². The molecule has 1 heterocycles. The predicted octanol–water partition coefficient (Wildman–Crippen LogP) is 3.20. The Bertz CT molecular complexity index is 661. The first-order chi connectivity index (χ1) is 8.34. The lowest BCUT2D eigenvalue weighted by molar-refractivity contribution is 0.385. The van der Waals surface area contributed by atoms with Crippen molar-refractivity contribution in [3.05, 3.63) is 48.5 Å². The zero-order chi connectivity index (χ0) is 11.7. The summed E-state index contributed by atoms with van der Waals surface area (Å²) in [6.07, 6.45) is 0. The van der Waals surface area contributed by atoms with Gasteiger partial charge in [-0.05, 0) is 29.4 Å². The fourth-order valence-electron chi connectivity index (χ4n) is 1.61. The number of hydrogen-bond acceptors (Lipinski definition) is 4. The lowest BCUT2D eigenvalue weighted by Gasteiger charge is -2.04. The minimum Gasteiger partial charge on any atom is -0.434 e. The van der Waals surface area contributed by atoms with E-state index in [0.29, 0.717) is 22.9 Å². The second kappa shape index (κ2) is 3.83. The van der Waals surface area contributed by atoms with Gasteiger partial charge in [-0.15, -0.1) is 0 Å². The lowest BCUT2D eigenvalue weighted by atomic mass is 10.2. The fourth-order valence-corrected chi connectivity index (χ4v) is 1.61. The number of ether oxygens (including phenoxy) is 1. The van der Waals surface area contributed by atoms with Crippen molar-refractivity contribution in [3.8, 4) is 11.6 Å². The van der Waals surface area contributed by atoms with Crippen LogP contribution in [0.25, 0.3) is 11.0 Å². The Morgan fingerprint density at radius 1 is 1.00 bits per heavy atom. The second-order valence-electron chi connectivity index (χ2n) is 3.62. The fraction of sp³-hybridized carbons (Fsp3) is 0. The molecular weight excluding hydrogens is 216 g/mol. The largest absolute Gasteiger partial charge is 0.434 e. The van der Waals surface area contributed by atoms with E-state index in [-0.39, 0.29) is 0 Å². The highest BCUT2D eigenvalue weighted by Crippen LogP contribution is 2.31. The summed E-state index contributed by atoms with van der Waals surface area (Å²) < 4.78 is 10.8. The van der Waals surface area contributed by atoms with Gasteiger partial charge in [0.2, 0.25) is 0 Å². The molecule has 0 bridgehead atoms. The van der Waals surface area contributed by atoms with Crippen LogP contribution in [0.15, 0.2) is 53.1 Å². The number of benzene rings is 2. The first-order valence-corrected chi connectivity index (χ1v) is 5.21. The molecule has 0 aliphatic carbocycles. The van der Waals surface area contributed by atoms with E-state index in [4.69, 9.17) is 15.0 Å². The molecule has 3 rings (SSSR count). The maximum atomic E-state index is 5.80. The molecule has 0 fully saturated rings. The smallest absolute Gasteiger partial charge is 0.267 e. The minimum absolute atomic E-state index is 0.429. The minimum atomic E-state index is 0.429. The number of para-hydroxylation sites is 3. The summed E-state index contributed by atoms with van der Waals surface area (Å²) >= 11 is 0. The number of hydrogen-bond donors (Lipinski definition) is 1. The topological polar surface area (TPSA) is 61.3 Å². The number of nitrogen functional groups attached to an aromatic ring is 1. The molecule has 0 aliphatic rings. The quantitative estimate of drug-likeness (QED) is 0.681. The van der Waals surface area contributed by atoms with E-state index >= 15 is 0 Å². The van der Waals surface area contributed by atoms with Crippen LogP contribution in [-0.2, 0) is 0 Å². The molecule has 2 N–H and O–H groups in total. The highest BCUT2D eigenvalue weighted by molar-refractivity contribution is 5.82. The molecule has 0 saturated carbocycles. The summed E-state index contributed by atoms with van der Waals surface area (Å²) in [6.45, 7) is 0. The Labute approximate surface area is 97.6 Å². The Morgan fingerprint density at radius 2 is 1.76 bits per heavy atom. The molecule has 0 aliphatic heterocycles. The number of nitrogens with two attached hydrogens (primary N) is 1. The number of aromatic nitrogens is 1. The molecule has 0 spiro atoms. The van der Waals surface area contributed by atoms with Crippen molar-refractivity contribution >= 4 is 16.7 Å². The highest BCUT2D eigenvalue weighted by atomic mass is 16.5. The maximum Gasteiger partial charge on any atom is 0.267 e. The highest BCUT2D eigenvalue weighted by Gasteiger charge is 2.10. The van der Waals surface area contributed by atoms with Crippen LogP contribution in [0.4, 0.5) is 5.69 Å². The lowest BCUT2D eigenvalue weighted by Crippen LogP contribution is -1.91. The van der Waals surface area contributed by atoms with Crippen LogP contribution in [0.1, 0.15) is 0 Å². The van der Waals surface area contributed by atoms with E-state index < -0.39 is 0 Å². The van der Waals surface area contributed by atoms with E-state index in [1.807, 2.05) is 36.4 Å². The van der Waals surface area contributed by atoms with Gasteiger partial charge in [0.15, 0.2) is 11.3 Å². The zero-order valence-corrected chi connectivity index (χ0v) is 8.96. The SMILES string of the molecule is Nc1ccccc1Oc1noc2ccccc12. The monoisotopic (exact) mass is 226 g/mol. The average Bonchev–Trinajstić information content (AvgIpc) is 2.76. The number of anilines is 1. The molecule has 4 heteroatoms. The molecule has 17 heavy (non-hydrogen) atoms. The zero-order valence-electron chi connectivity index (χ0n) is 8.96. The van der Waals surface area contributed by atoms with E-state index in [9.17, 15) is 0 Å². The molecule has 0 atom stereocenters. The molecular formula is C13H10N2O2. The van der Waals surface area contributed by atoms with Crippen LogP contribution in [0.5, 0.6) is 11.6 Å². The molecule has 0 unspecified atom stereocenters. The van der Waals surface area contributed by atoms with Crippen molar-refractivity contribution in [1.82, 2.24) is 5.16 Å². The van der Waals surface area contributed by atoms with Gasteiger partial charge in [-0.2, -0.15) is 0 Å². The van der Waals surface area contributed by atoms with Crippen molar-refractivity contribution in [2.24, 2.45) is 0 Å². The summed E-state index contributed by atoms with van der Waals surface area (Å²) in [5, 5.41) is 4.71. The summed E-state index contributed by atoms with van der Waals surface area (Å²) in [5.74, 6) is 1.00. The van der Waals surface area contributed by atoms with Gasteiger partial charge in [-0.25, -0.2) is 0 Å². The third kappa shape index (κ3) is 1.69. The Balaban J connectivity index is 2.03. The van der Waals surface area contributed by atoms with E-state index in [0.717, 1.165) is 5.39 Å². The van der Waals surface area contributed by atoms with Gasteiger partial charge in [-0.3, -0.25) is 0 Å². The predicted molar refractivity (Wildman–Crippen MR) is 64.9 cm³/mol. The van der Waals surface area contributed by atoms with Crippen molar-refractivity contribution in [2.75, 3.05) is 5.73 Å². The molecule has 0 saturated heterocycles. The normalized spacial score (nSPS) is 10.6. The molecule has 3 aromatic rings. The van der Waals surface area contributed by atoms with Gasteiger partial charge in [-0.1, -0.05) is 24.3 Å². The molecule has 0 radical (unpaired) electrons. The van der Waals surface area contributed by atoms with Gasteiger partial charge in [0.05, 0.1) is 11.1 Å². The number of rotatable bonds is 2. The van der Waals surface area contributed by atoms with E-state index in [1.165, 1.54) is 0 Å². The Hall–Kier alpha value is -2.49. The molecule has 1 aromatic heterocycles. The van der Waals surface area contributed by atoms with Crippen molar-refractivity contribution in [2.45, 2.75) is 0 Å². The van der Waals surface area contributed by atoms with Crippen molar-refractivity contribution < 1.29 is 9.26 Å². The van der Waals surface area contributed by atoms with Crippen molar-refractivity contribution in [1.29, 1.82) is 0 Å². The third-order valence-electron chi connectivity index (χ3n) is 2.47. The molecule has 4 nitrogen and oxygen atoms in total. The van der Waals surface area contributed by atoms with Crippen LogP contribution in [0.3, 0.4) is 0 Å². The third-order valence-corrected chi connectivity index (χ3v) is 2.47. The van der Waals surface area contributed by atoms with Crippen LogP contribution >= 0.6 is 0 Å². The summed E-state index contributed by atoms with van der Waals surface area (Å²) in [7, 11) is 0. The van der Waals surface area contributed by atoms with E-state index in [1.54, 1.807) is 12.1 Å². The van der Waals surface area contributed by atoms with Gasteiger partial charge in [0.25, 0.3) is 5.88 Å². The summed E-state index contributed by atoms with van der Waals surface area (Å²) in [5.41, 5.74) is 7.06. The summed E-state index contributed by atoms with van der Waals surface area (Å²) in [6, 6.07) is 14.8. The number of fused-ring (bicyclic) bond motifs is 1. The molecule has 2 aromatic carbocycles. The molecule has 0 amide bonds. The second-order valence-corrected chi connectivity index (χ2v) is 3.62. The van der Waals surface area contributed by atoms with Crippen LogP contribution in [0.2, 0.25) is 0 Å². The summed E-state index contributed by atoms with van der Waals surface area (Å²) in [4.78, 5) is 0. The molecule has 84 valence electrons. The standard InChI is InChI=1S/C13H10N2O2/c14-10-6-2-4-8-12(10)16-13-9-5-1-3-7-11(9)17-15-13/h1-8H,14H2. The van der Waals surface area contributed by atoms with Crippen molar-refractivity contribution in [3.63, 3.8) is 0 Å². The van der Waals surface area contributed by atoms with E-state index in [2.05, 4.69) is 5.16 Å². The van der Waals surface area contributed by atoms with Gasteiger partial charge >= 0.3 is 0 Å². The van der Waals surface area contributed by atoms with Gasteiger partial charge in [0.1, 0.15) is 0 Å². The maximum absolute atomic E-state index is 5.80. The Morgan fingerprint density at radius 3 is 2.65 bits per heavy atom. The first kappa shape index (κ1) is 9.72. The average molecular weight is 226 g/mol. The number of nitrogens with zero attached hydrogens (tertiary/aromatic N) is 1. The Kier molecular flexibility index (Phi) is 2.19. The first-order valence-electron chi connectivity index (χ1n) is 5.21. The van der Waals surface area contributed by atoms with Crippen LogP contribution in [0, 0.1) is 0 Å². The van der Waals surface area contributed by atoms with Crippen LogP contribution in [-0.4, -0.2) is 5.16 Å².